The highest BCUT2D eigenvalue weighted by Gasteiger charge is 2.29. The minimum absolute atomic E-state index is 0.0851. The molecule has 1 aromatic rings. The number of nitrogens with one attached hydrogen (secondary N) is 1. The lowest BCUT2D eigenvalue weighted by Crippen LogP contribution is -2.33. The highest BCUT2D eigenvalue weighted by atomic mass is 19.1. The molecular formula is C14H20FNO. The molecule has 1 aliphatic rings. The highest BCUT2D eigenvalue weighted by Crippen LogP contribution is 2.26. The molecule has 1 N–H and O–H groups in total. The third-order valence-corrected chi connectivity index (χ3v) is 3.32. The van der Waals surface area contributed by atoms with Gasteiger partial charge in [-0.25, -0.2) is 4.39 Å². The van der Waals surface area contributed by atoms with Crippen molar-refractivity contribution in [3.63, 3.8) is 0 Å². The summed E-state index contributed by atoms with van der Waals surface area (Å²) < 4.78 is 19.4. The van der Waals surface area contributed by atoms with E-state index in [1.165, 1.54) is 6.07 Å². The average Bonchev–Trinajstić information content (AvgIpc) is 2.81. The summed E-state index contributed by atoms with van der Waals surface area (Å²) in [7, 11) is 0. The molecule has 17 heavy (non-hydrogen) atoms. The van der Waals surface area contributed by atoms with Crippen LogP contribution < -0.4 is 10.1 Å². The second-order valence-corrected chi connectivity index (χ2v) is 5.01. The molecule has 2 atom stereocenters. The summed E-state index contributed by atoms with van der Waals surface area (Å²) in [4.78, 5) is 0. The summed E-state index contributed by atoms with van der Waals surface area (Å²) in [6.07, 6.45) is 1.19. The molecule has 1 aromatic carbocycles. The molecule has 0 amide bonds. The first-order valence-corrected chi connectivity index (χ1v) is 6.30. The summed E-state index contributed by atoms with van der Waals surface area (Å²) in [5.74, 6) is 0.969. The first kappa shape index (κ1) is 12.4. The standard InChI is InChI=1S/C14H20FNO/c1-10(2)14(11-7-8-16-9-11)17-13-6-4-3-5-12(13)15/h3-6,10-11,14,16H,7-9H2,1-2H3/t11-,14-/m0/s1. The third-order valence-electron chi connectivity index (χ3n) is 3.32. The van der Waals surface area contributed by atoms with Crippen molar-refractivity contribution in [3.05, 3.63) is 30.1 Å². The quantitative estimate of drug-likeness (QED) is 0.869. The van der Waals surface area contributed by atoms with E-state index in [-0.39, 0.29) is 11.9 Å². The lowest BCUT2D eigenvalue weighted by Gasteiger charge is -2.27. The number of hydrogen-bond donors (Lipinski definition) is 1. The molecule has 0 spiro atoms. The average molecular weight is 237 g/mol. The van der Waals surface area contributed by atoms with Gasteiger partial charge in [-0.3, -0.25) is 0 Å². The maximum atomic E-state index is 13.6. The molecule has 2 rings (SSSR count). The van der Waals surface area contributed by atoms with Crippen LogP contribution in [-0.2, 0) is 0 Å². The van der Waals surface area contributed by atoms with E-state index in [1.54, 1.807) is 12.1 Å². The molecule has 2 nitrogen and oxygen atoms in total. The second kappa shape index (κ2) is 5.50. The van der Waals surface area contributed by atoms with Crippen LogP contribution in [0.3, 0.4) is 0 Å². The SMILES string of the molecule is CC(C)[C@H](Oc1ccccc1F)[C@H]1CCNC1. The molecule has 0 bridgehead atoms. The van der Waals surface area contributed by atoms with Crippen molar-refractivity contribution in [2.75, 3.05) is 13.1 Å². The third kappa shape index (κ3) is 2.97. The Morgan fingerprint density at radius 2 is 2.12 bits per heavy atom. The fraction of sp³-hybridized carbons (Fsp3) is 0.571. The van der Waals surface area contributed by atoms with Crippen molar-refractivity contribution in [2.24, 2.45) is 11.8 Å². The fourth-order valence-corrected chi connectivity index (χ4v) is 2.42. The van der Waals surface area contributed by atoms with Gasteiger partial charge in [-0.05, 0) is 31.0 Å². The topological polar surface area (TPSA) is 21.3 Å². The zero-order valence-corrected chi connectivity index (χ0v) is 10.4. The Kier molecular flexibility index (Phi) is 4.00. The molecule has 1 saturated heterocycles. The normalized spacial score (nSPS) is 21.8. The molecule has 0 radical (unpaired) electrons. The number of benzene rings is 1. The van der Waals surface area contributed by atoms with E-state index < -0.39 is 0 Å². The zero-order valence-electron chi connectivity index (χ0n) is 10.4. The second-order valence-electron chi connectivity index (χ2n) is 5.01. The van der Waals surface area contributed by atoms with Crippen molar-refractivity contribution in [1.82, 2.24) is 5.32 Å². The first-order valence-electron chi connectivity index (χ1n) is 6.30. The van der Waals surface area contributed by atoms with Gasteiger partial charge in [0.2, 0.25) is 0 Å². The van der Waals surface area contributed by atoms with Crippen molar-refractivity contribution >= 4 is 0 Å². The monoisotopic (exact) mass is 237 g/mol. The molecule has 0 aliphatic carbocycles. The van der Waals surface area contributed by atoms with E-state index in [9.17, 15) is 4.39 Å². The molecule has 1 aliphatic heterocycles. The van der Waals surface area contributed by atoms with E-state index >= 15 is 0 Å². The Balaban J connectivity index is 2.10. The minimum atomic E-state index is -0.274. The molecule has 0 aromatic heterocycles. The Bertz CT molecular complexity index is 361. The van der Waals surface area contributed by atoms with E-state index in [2.05, 4.69) is 19.2 Å². The zero-order chi connectivity index (χ0) is 12.3. The molecule has 3 heteroatoms. The Hall–Kier alpha value is -1.09. The fourth-order valence-electron chi connectivity index (χ4n) is 2.42. The Labute approximate surface area is 102 Å². The van der Waals surface area contributed by atoms with Crippen LogP contribution in [0.25, 0.3) is 0 Å². The van der Waals surface area contributed by atoms with Crippen molar-refractivity contribution in [1.29, 1.82) is 0 Å². The van der Waals surface area contributed by atoms with E-state index in [0.717, 1.165) is 19.5 Å². The minimum Gasteiger partial charge on any atom is -0.487 e. The van der Waals surface area contributed by atoms with Gasteiger partial charge >= 0.3 is 0 Å². The van der Waals surface area contributed by atoms with Crippen molar-refractivity contribution < 1.29 is 9.13 Å². The summed E-state index contributed by atoms with van der Waals surface area (Å²) in [6.45, 7) is 6.26. The Morgan fingerprint density at radius 1 is 1.35 bits per heavy atom. The van der Waals surface area contributed by atoms with Crippen LogP contribution >= 0.6 is 0 Å². The highest BCUT2D eigenvalue weighted by molar-refractivity contribution is 5.24. The van der Waals surface area contributed by atoms with Gasteiger partial charge in [0.15, 0.2) is 11.6 Å². The van der Waals surface area contributed by atoms with Gasteiger partial charge in [-0.1, -0.05) is 26.0 Å². The summed E-state index contributed by atoms with van der Waals surface area (Å²) >= 11 is 0. The number of rotatable bonds is 4. The van der Waals surface area contributed by atoms with Crippen LogP contribution in [0.4, 0.5) is 4.39 Å². The molecule has 1 heterocycles. The lowest BCUT2D eigenvalue weighted by atomic mass is 9.92. The largest absolute Gasteiger partial charge is 0.487 e. The number of ether oxygens (including phenoxy) is 1. The van der Waals surface area contributed by atoms with Gasteiger partial charge < -0.3 is 10.1 Å². The first-order chi connectivity index (χ1) is 8.18. The number of hydrogen-bond acceptors (Lipinski definition) is 2. The van der Waals surface area contributed by atoms with Gasteiger partial charge in [0, 0.05) is 12.5 Å². The predicted molar refractivity (Wildman–Crippen MR) is 66.6 cm³/mol. The predicted octanol–water partition coefficient (Wildman–Crippen LogP) is 2.84. The lowest BCUT2D eigenvalue weighted by molar-refractivity contribution is 0.0927. The summed E-state index contributed by atoms with van der Waals surface area (Å²) in [6, 6.07) is 6.64. The molecule has 0 unspecified atom stereocenters. The van der Waals surface area contributed by atoms with Gasteiger partial charge in [0.1, 0.15) is 6.10 Å². The van der Waals surface area contributed by atoms with Crippen molar-refractivity contribution in [3.8, 4) is 5.75 Å². The molecule has 94 valence electrons. The van der Waals surface area contributed by atoms with Crippen LogP contribution in [0.5, 0.6) is 5.75 Å². The van der Waals surface area contributed by atoms with Crippen LogP contribution in [0, 0.1) is 17.7 Å². The van der Waals surface area contributed by atoms with Gasteiger partial charge in [0.05, 0.1) is 0 Å². The van der Waals surface area contributed by atoms with Crippen LogP contribution in [0.2, 0.25) is 0 Å². The summed E-state index contributed by atoms with van der Waals surface area (Å²) in [5.41, 5.74) is 0. The van der Waals surface area contributed by atoms with Gasteiger partial charge in [-0.2, -0.15) is 0 Å². The number of para-hydroxylation sites is 1. The summed E-state index contributed by atoms with van der Waals surface area (Å²) in [5, 5.41) is 3.33. The Morgan fingerprint density at radius 3 is 2.71 bits per heavy atom. The molecule has 1 fully saturated rings. The van der Waals surface area contributed by atoms with Crippen LogP contribution in [-0.4, -0.2) is 19.2 Å². The maximum absolute atomic E-state index is 13.6. The van der Waals surface area contributed by atoms with Gasteiger partial charge in [0.25, 0.3) is 0 Å². The maximum Gasteiger partial charge on any atom is 0.165 e. The van der Waals surface area contributed by atoms with Gasteiger partial charge in [-0.15, -0.1) is 0 Å². The smallest absolute Gasteiger partial charge is 0.165 e. The van der Waals surface area contributed by atoms with Crippen LogP contribution in [0.15, 0.2) is 24.3 Å². The number of halogens is 1. The molecule has 0 saturated carbocycles. The van der Waals surface area contributed by atoms with E-state index in [4.69, 9.17) is 4.74 Å². The van der Waals surface area contributed by atoms with E-state index in [1.807, 2.05) is 6.07 Å². The van der Waals surface area contributed by atoms with Crippen LogP contribution in [0.1, 0.15) is 20.3 Å². The molecular weight excluding hydrogens is 217 g/mol. The van der Waals surface area contributed by atoms with E-state index in [0.29, 0.717) is 17.6 Å². The van der Waals surface area contributed by atoms with Crippen molar-refractivity contribution in [2.45, 2.75) is 26.4 Å².